The maximum Gasteiger partial charge on any atom is 0.209 e. The van der Waals surface area contributed by atoms with Crippen molar-refractivity contribution in [3.05, 3.63) is 53.8 Å². The Kier molecular flexibility index (Phi) is 4.66. The highest BCUT2D eigenvalue weighted by Crippen LogP contribution is 2.41. The van der Waals surface area contributed by atoms with E-state index in [1.807, 2.05) is 0 Å². The summed E-state index contributed by atoms with van der Waals surface area (Å²) in [6.07, 6.45) is 8.20. The Hall–Kier alpha value is -1.83. The number of para-hydroxylation sites is 1. The van der Waals surface area contributed by atoms with Gasteiger partial charge < -0.3 is 4.90 Å². The fourth-order valence-corrected chi connectivity index (χ4v) is 4.46. The lowest BCUT2D eigenvalue weighted by Gasteiger charge is -2.24. The molecule has 2 nitrogen and oxygen atoms in total. The van der Waals surface area contributed by atoms with Crippen molar-refractivity contribution in [2.45, 2.75) is 53.4 Å². The molecule has 2 aliphatic rings. The van der Waals surface area contributed by atoms with Crippen molar-refractivity contribution in [1.29, 1.82) is 0 Å². The third-order valence-corrected chi connectivity index (χ3v) is 6.05. The van der Waals surface area contributed by atoms with E-state index in [1.54, 1.807) is 0 Å². The zero-order chi connectivity index (χ0) is 18.2. The van der Waals surface area contributed by atoms with Crippen LogP contribution in [0.25, 0.3) is 0 Å². The minimum absolute atomic E-state index is 0.0528. The molecule has 25 heavy (non-hydrogen) atoms. The molecule has 0 aromatic heterocycles. The predicted octanol–water partition coefficient (Wildman–Crippen LogP) is 5.27. The standard InChI is InChI=1S/C23H33N2/c1-7-24-17-16-22(3,4)20(24)14-11-15-21-23(5,6)18-12-9-10-13-19(18)25(21)8-2/h9-15H,7-8,16-17H2,1-6H3/q+1. The van der Waals surface area contributed by atoms with Gasteiger partial charge in [-0.05, 0) is 40.2 Å². The molecule has 0 aliphatic carbocycles. The second-order valence-corrected chi connectivity index (χ2v) is 8.40. The number of allylic oxidation sites excluding steroid dienone is 4. The van der Waals surface area contributed by atoms with E-state index in [9.17, 15) is 0 Å². The summed E-state index contributed by atoms with van der Waals surface area (Å²) in [6.45, 7) is 17.2. The van der Waals surface area contributed by atoms with Crippen molar-refractivity contribution in [3.8, 4) is 0 Å². The highest BCUT2D eigenvalue weighted by molar-refractivity contribution is 6.03. The molecular formula is C23H33N2+. The Labute approximate surface area is 153 Å². The van der Waals surface area contributed by atoms with E-state index in [0.717, 1.165) is 13.1 Å². The van der Waals surface area contributed by atoms with Crippen molar-refractivity contribution in [1.82, 2.24) is 4.90 Å². The first kappa shape index (κ1) is 18.0. The second kappa shape index (κ2) is 6.48. The molecule has 1 aromatic rings. The molecule has 134 valence electrons. The Morgan fingerprint density at radius 1 is 1.12 bits per heavy atom. The molecule has 2 heterocycles. The zero-order valence-electron chi connectivity index (χ0n) is 16.8. The van der Waals surface area contributed by atoms with Crippen molar-refractivity contribution in [2.75, 3.05) is 19.6 Å². The monoisotopic (exact) mass is 337 g/mol. The van der Waals surface area contributed by atoms with Gasteiger partial charge in [-0.25, -0.2) is 0 Å². The summed E-state index contributed by atoms with van der Waals surface area (Å²) in [6, 6.07) is 8.82. The molecule has 0 unspecified atom stereocenters. The fourth-order valence-electron chi connectivity index (χ4n) is 4.46. The number of rotatable bonds is 4. The highest BCUT2D eigenvalue weighted by atomic mass is 15.2. The Morgan fingerprint density at radius 2 is 1.84 bits per heavy atom. The van der Waals surface area contributed by atoms with Crippen LogP contribution in [0.2, 0.25) is 0 Å². The number of benzene rings is 1. The fraction of sp³-hybridized carbons (Fsp3) is 0.522. The van der Waals surface area contributed by atoms with Gasteiger partial charge in [0.15, 0.2) is 5.71 Å². The summed E-state index contributed by atoms with van der Waals surface area (Å²) >= 11 is 0. The molecule has 3 rings (SSSR count). The van der Waals surface area contributed by atoms with Gasteiger partial charge in [-0.3, -0.25) is 0 Å². The summed E-state index contributed by atoms with van der Waals surface area (Å²) in [5.41, 5.74) is 6.00. The van der Waals surface area contributed by atoms with E-state index in [0.29, 0.717) is 0 Å². The van der Waals surface area contributed by atoms with E-state index < -0.39 is 0 Å². The van der Waals surface area contributed by atoms with Gasteiger partial charge >= 0.3 is 0 Å². The summed E-state index contributed by atoms with van der Waals surface area (Å²) in [5, 5.41) is 0. The van der Waals surface area contributed by atoms with Gasteiger partial charge in [0.05, 0.1) is 5.41 Å². The van der Waals surface area contributed by atoms with Crippen LogP contribution in [0, 0.1) is 5.41 Å². The SMILES string of the molecule is CCN1CCC(C)(C)/C1=C\C=C\C1=[N+](CC)c2ccccc2C1(C)C. The summed E-state index contributed by atoms with van der Waals surface area (Å²) < 4.78 is 2.46. The van der Waals surface area contributed by atoms with Crippen LogP contribution >= 0.6 is 0 Å². The molecule has 0 amide bonds. The molecule has 0 bridgehead atoms. The molecule has 1 saturated heterocycles. The summed E-state index contributed by atoms with van der Waals surface area (Å²) in [4.78, 5) is 2.52. The number of likely N-dealkylation sites (tertiary alicyclic amines) is 1. The normalized spacial score (nSPS) is 23.1. The van der Waals surface area contributed by atoms with Gasteiger partial charge in [0.25, 0.3) is 0 Å². The van der Waals surface area contributed by atoms with E-state index in [1.165, 1.54) is 35.6 Å². The number of hydrogen-bond acceptors (Lipinski definition) is 1. The Bertz CT molecular complexity index is 747. The smallest absolute Gasteiger partial charge is 0.209 e. The molecule has 2 heteroatoms. The van der Waals surface area contributed by atoms with Gasteiger partial charge in [-0.2, -0.15) is 4.58 Å². The van der Waals surface area contributed by atoms with Gasteiger partial charge in [0.1, 0.15) is 6.54 Å². The first-order chi connectivity index (χ1) is 11.8. The molecule has 0 saturated carbocycles. The average molecular weight is 338 g/mol. The van der Waals surface area contributed by atoms with Crippen LogP contribution in [0.3, 0.4) is 0 Å². The third-order valence-electron chi connectivity index (χ3n) is 6.05. The van der Waals surface area contributed by atoms with E-state index >= 15 is 0 Å². The van der Waals surface area contributed by atoms with Gasteiger partial charge in [0, 0.05) is 41.9 Å². The van der Waals surface area contributed by atoms with Gasteiger partial charge in [-0.15, -0.1) is 0 Å². The third kappa shape index (κ3) is 2.96. The van der Waals surface area contributed by atoms with Crippen LogP contribution in [0.1, 0.15) is 53.5 Å². The first-order valence-corrected chi connectivity index (χ1v) is 9.71. The first-order valence-electron chi connectivity index (χ1n) is 9.71. The molecular weight excluding hydrogens is 304 g/mol. The van der Waals surface area contributed by atoms with E-state index in [4.69, 9.17) is 0 Å². The van der Waals surface area contributed by atoms with Crippen LogP contribution < -0.4 is 0 Å². The lowest BCUT2D eigenvalue weighted by Crippen LogP contribution is -2.27. The average Bonchev–Trinajstić information content (AvgIpc) is 2.99. The lowest BCUT2D eigenvalue weighted by molar-refractivity contribution is -0.433. The van der Waals surface area contributed by atoms with Crippen molar-refractivity contribution in [3.63, 3.8) is 0 Å². The van der Waals surface area contributed by atoms with Crippen LogP contribution in [-0.4, -0.2) is 34.8 Å². The second-order valence-electron chi connectivity index (χ2n) is 8.40. The van der Waals surface area contributed by atoms with E-state index in [-0.39, 0.29) is 10.8 Å². The largest absolute Gasteiger partial charge is 0.375 e. The van der Waals surface area contributed by atoms with Crippen molar-refractivity contribution >= 4 is 11.4 Å². The molecule has 1 aromatic carbocycles. The predicted molar refractivity (Wildman–Crippen MR) is 108 cm³/mol. The van der Waals surface area contributed by atoms with Crippen LogP contribution in [0.4, 0.5) is 5.69 Å². The van der Waals surface area contributed by atoms with E-state index in [2.05, 4.69) is 93.5 Å². The Balaban J connectivity index is 1.97. The van der Waals surface area contributed by atoms with Crippen LogP contribution in [-0.2, 0) is 5.41 Å². The number of fused-ring (bicyclic) bond motifs is 1. The minimum Gasteiger partial charge on any atom is -0.375 e. The number of nitrogens with zero attached hydrogens (tertiary/aromatic N) is 2. The number of hydrogen-bond donors (Lipinski definition) is 0. The minimum atomic E-state index is 0.0528. The van der Waals surface area contributed by atoms with Crippen LogP contribution in [0.5, 0.6) is 0 Å². The maximum absolute atomic E-state index is 2.52. The molecule has 0 spiro atoms. The summed E-state index contributed by atoms with van der Waals surface area (Å²) in [7, 11) is 0. The molecule has 0 N–H and O–H groups in total. The maximum atomic E-state index is 2.52. The molecule has 2 aliphatic heterocycles. The highest BCUT2D eigenvalue weighted by Gasteiger charge is 2.43. The topological polar surface area (TPSA) is 6.25 Å². The quantitative estimate of drug-likeness (QED) is 0.678. The molecule has 0 radical (unpaired) electrons. The summed E-state index contributed by atoms with van der Waals surface area (Å²) in [5.74, 6) is 0. The van der Waals surface area contributed by atoms with Gasteiger partial charge in [0.2, 0.25) is 5.69 Å². The van der Waals surface area contributed by atoms with Crippen LogP contribution in [0.15, 0.2) is 48.2 Å². The van der Waals surface area contributed by atoms with Crippen molar-refractivity contribution in [2.24, 2.45) is 5.41 Å². The van der Waals surface area contributed by atoms with Crippen molar-refractivity contribution < 1.29 is 4.58 Å². The molecule has 0 atom stereocenters. The lowest BCUT2D eigenvalue weighted by atomic mass is 9.81. The Morgan fingerprint density at radius 3 is 2.52 bits per heavy atom. The molecule has 1 fully saturated rings. The zero-order valence-corrected chi connectivity index (χ0v) is 16.8. The van der Waals surface area contributed by atoms with Gasteiger partial charge in [-0.1, -0.05) is 38.1 Å².